The van der Waals surface area contributed by atoms with Gasteiger partial charge in [-0.05, 0) is 30.2 Å². The summed E-state index contributed by atoms with van der Waals surface area (Å²) in [5.74, 6) is 0.814. The number of fused-ring (bicyclic) bond motifs is 1. The van der Waals surface area contributed by atoms with E-state index in [-0.39, 0.29) is 24.2 Å². The highest BCUT2D eigenvalue weighted by molar-refractivity contribution is 6.05. The van der Waals surface area contributed by atoms with Crippen LogP contribution in [0.25, 0.3) is 0 Å². The fraction of sp³-hybridized carbons (Fsp3) is 0.333. The molecule has 0 aliphatic carbocycles. The summed E-state index contributed by atoms with van der Waals surface area (Å²) in [6, 6.07) is 13.3. The highest BCUT2D eigenvalue weighted by Crippen LogP contribution is 2.37. The zero-order valence-corrected chi connectivity index (χ0v) is 15.5. The predicted molar refractivity (Wildman–Crippen MR) is 103 cm³/mol. The Hall–Kier alpha value is -3.02. The summed E-state index contributed by atoms with van der Waals surface area (Å²) < 4.78 is 10.6. The van der Waals surface area contributed by atoms with E-state index in [1.54, 1.807) is 37.3 Å². The normalized spacial score (nSPS) is 18.6. The van der Waals surface area contributed by atoms with Crippen LogP contribution in [0.15, 0.2) is 42.5 Å². The summed E-state index contributed by atoms with van der Waals surface area (Å²) in [4.78, 5) is 29.2. The second-order valence-corrected chi connectivity index (χ2v) is 6.81. The van der Waals surface area contributed by atoms with Crippen LogP contribution < -0.4 is 19.3 Å². The first-order valence-electron chi connectivity index (χ1n) is 9.04. The second kappa shape index (κ2) is 6.95. The summed E-state index contributed by atoms with van der Waals surface area (Å²) in [6.07, 6.45) is 1.07. The third-order valence-corrected chi connectivity index (χ3v) is 5.31. The molecule has 6 nitrogen and oxygen atoms in total. The number of carbonyl (C=O) groups excluding carboxylic acids is 2. The molecule has 2 aromatic rings. The Labute approximate surface area is 158 Å². The summed E-state index contributed by atoms with van der Waals surface area (Å²) in [5, 5.41) is 0. The van der Waals surface area contributed by atoms with Crippen molar-refractivity contribution in [3.63, 3.8) is 0 Å². The maximum Gasteiger partial charge on any atom is 0.232 e. The van der Waals surface area contributed by atoms with Crippen molar-refractivity contribution < 1.29 is 19.1 Å². The lowest BCUT2D eigenvalue weighted by molar-refractivity contribution is -0.124. The first-order chi connectivity index (χ1) is 13.1. The van der Waals surface area contributed by atoms with Crippen LogP contribution in [0.3, 0.4) is 0 Å². The molecular formula is C21H22N2O4. The first kappa shape index (κ1) is 17.4. The van der Waals surface area contributed by atoms with Gasteiger partial charge in [0.25, 0.3) is 0 Å². The quantitative estimate of drug-likeness (QED) is 0.835. The SMILES string of the molecule is COc1ccc(N2CC(C(=O)N3CCc4ccccc43)CC2=O)c(OC)c1. The molecule has 0 N–H and O–H groups in total. The number of nitrogens with zero attached hydrogens (tertiary/aromatic N) is 2. The van der Waals surface area contributed by atoms with Crippen LogP contribution in [0.1, 0.15) is 12.0 Å². The molecular weight excluding hydrogens is 344 g/mol. The Kier molecular flexibility index (Phi) is 4.48. The van der Waals surface area contributed by atoms with E-state index in [4.69, 9.17) is 9.47 Å². The van der Waals surface area contributed by atoms with Gasteiger partial charge in [0.2, 0.25) is 11.8 Å². The Morgan fingerprint density at radius 3 is 2.67 bits per heavy atom. The van der Waals surface area contributed by atoms with Crippen molar-refractivity contribution in [1.29, 1.82) is 0 Å². The predicted octanol–water partition coefficient (Wildman–Crippen LogP) is 2.65. The van der Waals surface area contributed by atoms with Crippen molar-refractivity contribution in [3.8, 4) is 11.5 Å². The maximum atomic E-state index is 13.1. The van der Waals surface area contributed by atoms with Gasteiger partial charge in [-0.3, -0.25) is 9.59 Å². The molecule has 1 atom stereocenters. The number of hydrogen-bond acceptors (Lipinski definition) is 4. The van der Waals surface area contributed by atoms with E-state index in [0.29, 0.717) is 30.3 Å². The van der Waals surface area contributed by atoms with Gasteiger partial charge in [0.05, 0.1) is 25.8 Å². The van der Waals surface area contributed by atoms with Gasteiger partial charge in [0.15, 0.2) is 0 Å². The Bertz CT molecular complexity index is 896. The third kappa shape index (κ3) is 3.01. The van der Waals surface area contributed by atoms with Crippen LogP contribution in [-0.4, -0.2) is 39.1 Å². The highest BCUT2D eigenvalue weighted by atomic mass is 16.5. The van der Waals surface area contributed by atoms with Crippen LogP contribution in [0, 0.1) is 5.92 Å². The van der Waals surface area contributed by atoms with Crippen LogP contribution >= 0.6 is 0 Å². The first-order valence-corrected chi connectivity index (χ1v) is 9.04. The number of rotatable bonds is 4. The average molecular weight is 366 g/mol. The van der Waals surface area contributed by atoms with Crippen molar-refractivity contribution in [2.24, 2.45) is 5.92 Å². The van der Waals surface area contributed by atoms with Gasteiger partial charge in [-0.15, -0.1) is 0 Å². The van der Waals surface area contributed by atoms with Crippen molar-refractivity contribution >= 4 is 23.2 Å². The van der Waals surface area contributed by atoms with Gasteiger partial charge in [-0.25, -0.2) is 0 Å². The maximum absolute atomic E-state index is 13.1. The third-order valence-electron chi connectivity index (χ3n) is 5.31. The minimum atomic E-state index is -0.351. The smallest absolute Gasteiger partial charge is 0.232 e. The van der Waals surface area contributed by atoms with E-state index in [9.17, 15) is 9.59 Å². The van der Waals surface area contributed by atoms with Crippen LogP contribution in [-0.2, 0) is 16.0 Å². The fourth-order valence-corrected chi connectivity index (χ4v) is 3.90. The topological polar surface area (TPSA) is 59.1 Å². The molecule has 0 saturated carbocycles. The summed E-state index contributed by atoms with van der Waals surface area (Å²) in [6.45, 7) is 1.04. The molecule has 27 heavy (non-hydrogen) atoms. The fourth-order valence-electron chi connectivity index (χ4n) is 3.90. The zero-order chi connectivity index (χ0) is 19.0. The minimum absolute atomic E-state index is 0.0169. The van der Waals surface area contributed by atoms with Gasteiger partial charge in [0.1, 0.15) is 11.5 Å². The Morgan fingerprint density at radius 2 is 1.89 bits per heavy atom. The van der Waals surface area contributed by atoms with E-state index < -0.39 is 0 Å². The van der Waals surface area contributed by atoms with Gasteiger partial charge in [0, 0.05) is 31.3 Å². The molecule has 2 heterocycles. The van der Waals surface area contributed by atoms with Crippen molar-refractivity contribution in [1.82, 2.24) is 0 Å². The van der Waals surface area contributed by atoms with Gasteiger partial charge in [-0.2, -0.15) is 0 Å². The molecule has 1 unspecified atom stereocenters. The molecule has 2 amide bonds. The number of hydrogen-bond donors (Lipinski definition) is 0. The monoisotopic (exact) mass is 366 g/mol. The standard InChI is InChI=1S/C21H22N2O4/c1-26-16-7-8-18(19(12-16)27-2)23-13-15(11-20(23)24)21(25)22-10-9-14-5-3-4-6-17(14)22/h3-8,12,15H,9-11,13H2,1-2H3. The molecule has 0 spiro atoms. The molecule has 0 bridgehead atoms. The Morgan fingerprint density at radius 1 is 1.07 bits per heavy atom. The van der Waals surface area contributed by atoms with Crippen molar-refractivity contribution in [2.45, 2.75) is 12.8 Å². The van der Waals surface area contributed by atoms with Gasteiger partial charge < -0.3 is 19.3 Å². The van der Waals surface area contributed by atoms with Crippen molar-refractivity contribution in [2.75, 3.05) is 37.1 Å². The number of methoxy groups -OCH3 is 2. The van der Waals surface area contributed by atoms with Crippen LogP contribution in [0.5, 0.6) is 11.5 Å². The number of ether oxygens (including phenoxy) is 2. The second-order valence-electron chi connectivity index (χ2n) is 6.81. The molecule has 4 rings (SSSR count). The van der Waals surface area contributed by atoms with Gasteiger partial charge in [-0.1, -0.05) is 18.2 Å². The number of carbonyl (C=O) groups is 2. The molecule has 6 heteroatoms. The zero-order valence-electron chi connectivity index (χ0n) is 15.5. The molecule has 0 radical (unpaired) electrons. The molecule has 0 aromatic heterocycles. The largest absolute Gasteiger partial charge is 0.497 e. The van der Waals surface area contributed by atoms with Crippen LogP contribution in [0.4, 0.5) is 11.4 Å². The molecule has 2 aliphatic rings. The molecule has 1 saturated heterocycles. The van der Waals surface area contributed by atoms with E-state index in [1.807, 2.05) is 23.1 Å². The lowest BCUT2D eigenvalue weighted by atomic mass is 10.1. The van der Waals surface area contributed by atoms with E-state index >= 15 is 0 Å². The molecule has 2 aromatic carbocycles. The molecule has 140 valence electrons. The minimum Gasteiger partial charge on any atom is -0.497 e. The van der Waals surface area contributed by atoms with E-state index in [0.717, 1.165) is 12.1 Å². The summed E-state index contributed by atoms with van der Waals surface area (Å²) >= 11 is 0. The number of amides is 2. The average Bonchev–Trinajstić information content (AvgIpc) is 3.30. The van der Waals surface area contributed by atoms with E-state index in [2.05, 4.69) is 6.07 Å². The lowest BCUT2D eigenvalue weighted by Crippen LogP contribution is -2.36. The molecule has 1 fully saturated rings. The summed E-state index contributed by atoms with van der Waals surface area (Å²) in [5.41, 5.74) is 2.82. The number of benzene rings is 2. The van der Waals surface area contributed by atoms with Gasteiger partial charge >= 0.3 is 0 Å². The van der Waals surface area contributed by atoms with Crippen molar-refractivity contribution in [3.05, 3.63) is 48.0 Å². The lowest BCUT2D eigenvalue weighted by Gasteiger charge is -2.22. The number of anilines is 2. The Balaban J connectivity index is 1.56. The van der Waals surface area contributed by atoms with E-state index in [1.165, 1.54) is 5.56 Å². The molecule has 2 aliphatic heterocycles. The van der Waals surface area contributed by atoms with Crippen LogP contribution in [0.2, 0.25) is 0 Å². The highest BCUT2D eigenvalue weighted by Gasteiger charge is 2.39. The number of para-hydroxylation sites is 1. The summed E-state index contributed by atoms with van der Waals surface area (Å²) in [7, 11) is 3.14.